The molecule has 0 aromatic rings. The zero-order valence-corrected chi connectivity index (χ0v) is 16.3. The molecule has 1 rings (SSSR count). The van der Waals surface area contributed by atoms with Crippen molar-refractivity contribution in [2.24, 2.45) is 17.3 Å². The summed E-state index contributed by atoms with van der Waals surface area (Å²) in [5.74, 6) is -0.379. The van der Waals surface area contributed by atoms with E-state index >= 15 is 0 Å². The normalized spacial score (nSPS) is 22.5. The van der Waals surface area contributed by atoms with Gasteiger partial charge in [-0.3, -0.25) is 4.79 Å². The summed E-state index contributed by atoms with van der Waals surface area (Å²) in [5, 5.41) is 19.0. The number of rotatable bonds is 12. The third-order valence-electron chi connectivity index (χ3n) is 5.34. The second-order valence-corrected chi connectivity index (χ2v) is 7.86. The molecular weight excluding hydrogens is 332 g/mol. The number of aliphatic hydroxyl groups is 1. The molecule has 0 aromatic heterocycles. The maximum Gasteiger partial charge on any atom is 0.327 e. The lowest BCUT2D eigenvalue weighted by Crippen LogP contribution is -2.29. The second-order valence-electron chi connectivity index (χ2n) is 7.86. The number of carbonyl (C=O) groups is 2. The zero-order valence-electron chi connectivity index (χ0n) is 16.3. The molecular formula is C21H34O5. The van der Waals surface area contributed by atoms with Gasteiger partial charge in [-0.25, -0.2) is 4.79 Å². The van der Waals surface area contributed by atoms with Crippen molar-refractivity contribution in [3.63, 3.8) is 0 Å². The van der Waals surface area contributed by atoms with E-state index in [0.717, 1.165) is 38.5 Å². The molecule has 0 amide bonds. The molecule has 5 heteroatoms. The Morgan fingerprint density at radius 1 is 1.38 bits per heavy atom. The van der Waals surface area contributed by atoms with Gasteiger partial charge in [0.15, 0.2) is 0 Å². The fourth-order valence-electron chi connectivity index (χ4n) is 3.37. The van der Waals surface area contributed by atoms with Gasteiger partial charge >= 0.3 is 5.97 Å². The van der Waals surface area contributed by atoms with Gasteiger partial charge in [-0.1, -0.05) is 38.5 Å². The van der Waals surface area contributed by atoms with E-state index in [4.69, 9.17) is 9.84 Å². The smallest absolute Gasteiger partial charge is 0.327 e. The van der Waals surface area contributed by atoms with Crippen LogP contribution < -0.4 is 0 Å². The number of methoxy groups -OCH3 is 1. The third kappa shape index (κ3) is 7.83. The number of aliphatic hydroxyl groups excluding tert-OH is 1. The Bertz CT molecular complexity index is 507. The lowest BCUT2D eigenvalue weighted by Gasteiger charge is -2.28. The molecule has 148 valence electrons. The SMILES string of the molecule is COCCC(C)(C)C(O)/C=C/[C@H]1CCC(=O)[C@@H]1CCCC/C=C/C(=O)O. The van der Waals surface area contributed by atoms with Crippen molar-refractivity contribution >= 4 is 11.8 Å². The molecule has 0 aromatic carbocycles. The minimum Gasteiger partial charge on any atom is -0.478 e. The van der Waals surface area contributed by atoms with Crippen LogP contribution >= 0.6 is 0 Å². The van der Waals surface area contributed by atoms with Crippen LogP contribution in [0, 0.1) is 17.3 Å². The largest absolute Gasteiger partial charge is 0.478 e. The van der Waals surface area contributed by atoms with E-state index in [2.05, 4.69) is 0 Å². The van der Waals surface area contributed by atoms with Crippen molar-refractivity contribution in [2.75, 3.05) is 13.7 Å². The van der Waals surface area contributed by atoms with E-state index in [1.54, 1.807) is 13.2 Å². The van der Waals surface area contributed by atoms with Crippen LogP contribution in [0.25, 0.3) is 0 Å². The highest BCUT2D eigenvalue weighted by Gasteiger charge is 2.33. The minimum absolute atomic E-state index is 0.0315. The average Bonchev–Trinajstić information content (AvgIpc) is 2.93. The van der Waals surface area contributed by atoms with E-state index in [1.807, 2.05) is 26.0 Å². The number of hydrogen-bond donors (Lipinski definition) is 2. The number of ketones is 1. The summed E-state index contributed by atoms with van der Waals surface area (Å²) >= 11 is 0. The Hall–Kier alpha value is -1.46. The molecule has 26 heavy (non-hydrogen) atoms. The highest BCUT2D eigenvalue weighted by atomic mass is 16.5. The number of unbranched alkanes of at least 4 members (excludes halogenated alkanes) is 2. The summed E-state index contributed by atoms with van der Waals surface area (Å²) in [5.41, 5.74) is -0.263. The highest BCUT2D eigenvalue weighted by molar-refractivity contribution is 5.83. The number of allylic oxidation sites excluding steroid dienone is 2. The van der Waals surface area contributed by atoms with E-state index in [9.17, 15) is 14.7 Å². The van der Waals surface area contributed by atoms with Crippen LogP contribution in [0.1, 0.15) is 58.8 Å². The van der Waals surface area contributed by atoms with Crippen LogP contribution in [0.5, 0.6) is 0 Å². The minimum atomic E-state index is -0.923. The van der Waals surface area contributed by atoms with Crippen LogP contribution in [0.2, 0.25) is 0 Å². The quantitative estimate of drug-likeness (QED) is 0.312. The first-order valence-corrected chi connectivity index (χ1v) is 9.55. The number of ether oxygens (including phenoxy) is 1. The Balaban J connectivity index is 2.49. The fraction of sp³-hybridized carbons (Fsp3) is 0.714. The van der Waals surface area contributed by atoms with Gasteiger partial charge in [0, 0.05) is 32.1 Å². The molecule has 0 bridgehead atoms. The Morgan fingerprint density at radius 3 is 2.77 bits per heavy atom. The average molecular weight is 366 g/mol. The summed E-state index contributed by atoms with van der Waals surface area (Å²) in [6.45, 7) is 4.64. The molecule has 3 atom stereocenters. The van der Waals surface area contributed by atoms with Crippen molar-refractivity contribution in [3.8, 4) is 0 Å². The van der Waals surface area contributed by atoms with Gasteiger partial charge < -0.3 is 14.9 Å². The molecule has 0 spiro atoms. The maximum atomic E-state index is 12.2. The molecule has 0 saturated heterocycles. The summed E-state index contributed by atoms with van der Waals surface area (Å²) < 4.78 is 5.11. The van der Waals surface area contributed by atoms with Crippen LogP contribution in [-0.2, 0) is 14.3 Å². The predicted molar refractivity (Wildman–Crippen MR) is 102 cm³/mol. The molecule has 0 heterocycles. The number of hydrogen-bond acceptors (Lipinski definition) is 4. The van der Waals surface area contributed by atoms with E-state index in [-0.39, 0.29) is 17.3 Å². The van der Waals surface area contributed by atoms with Gasteiger partial charge in [-0.2, -0.15) is 0 Å². The van der Waals surface area contributed by atoms with Crippen LogP contribution in [0.3, 0.4) is 0 Å². The maximum absolute atomic E-state index is 12.2. The number of carbonyl (C=O) groups excluding carboxylic acids is 1. The van der Waals surface area contributed by atoms with E-state index < -0.39 is 12.1 Å². The highest BCUT2D eigenvalue weighted by Crippen LogP contribution is 2.35. The van der Waals surface area contributed by atoms with Gasteiger partial charge in [-0.15, -0.1) is 0 Å². The van der Waals surface area contributed by atoms with E-state index in [1.165, 1.54) is 6.08 Å². The summed E-state index contributed by atoms with van der Waals surface area (Å²) in [6.07, 6.45) is 11.7. The van der Waals surface area contributed by atoms with Crippen molar-refractivity contribution in [1.29, 1.82) is 0 Å². The Morgan fingerprint density at radius 2 is 2.12 bits per heavy atom. The first-order valence-electron chi connectivity index (χ1n) is 9.55. The summed E-state index contributed by atoms with van der Waals surface area (Å²) in [4.78, 5) is 22.6. The lowest BCUT2D eigenvalue weighted by molar-refractivity contribution is -0.131. The van der Waals surface area contributed by atoms with Gasteiger partial charge in [0.05, 0.1) is 6.10 Å². The van der Waals surface area contributed by atoms with Crippen molar-refractivity contribution in [2.45, 2.75) is 64.9 Å². The topological polar surface area (TPSA) is 83.8 Å². The van der Waals surface area contributed by atoms with Crippen LogP contribution in [0.4, 0.5) is 0 Å². The first kappa shape index (κ1) is 22.6. The summed E-state index contributed by atoms with van der Waals surface area (Å²) in [6, 6.07) is 0. The molecule has 2 N–H and O–H groups in total. The standard InChI is InChI=1S/C21H34O5/c1-21(2,14-15-26-3)19(23)13-11-16-10-12-18(22)17(16)8-6-4-5-7-9-20(24)25/h7,9,11,13,16-17,19,23H,4-6,8,10,12,14-15H2,1-3H3,(H,24,25)/b9-7+,13-11+/t16-,17-,19?/m1/s1. The molecule has 1 saturated carbocycles. The second kappa shape index (κ2) is 11.3. The fourth-order valence-corrected chi connectivity index (χ4v) is 3.37. The van der Waals surface area contributed by atoms with Crippen LogP contribution in [-0.4, -0.2) is 41.8 Å². The molecule has 1 unspecified atom stereocenters. The first-order chi connectivity index (χ1) is 12.3. The van der Waals surface area contributed by atoms with Gasteiger partial charge in [0.1, 0.15) is 5.78 Å². The zero-order chi connectivity index (χ0) is 19.6. The number of Topliss-reactive ketones (excluding diaryl/α,β-unsaturated/α-hetero) is 1. The van der Waals surface area contributed by atoms with Crippen molar-refractivity contribution < 1.29 is 24.5 Å². The number of carboxylic acid groups (broad SMARTS) is 1. The monoisotopic (exact) mass is 366 g/mol. The van der Waals surface area contributed by atoms with Gasteiger partial charge in [0.2, 0.25) is 0 Å². The Labute approximate surface area is 157 Å². The lowest BCUT2D eigenvalue weighted by atomic mass is 9.82. The summed E-state index contributed by atoms with van der Waals surface area (Å²) in [7, 11) is 1.66. The number of carboxylic acids is 1. The molecule has 5 nitrogen and oxygen atoms in total. The molecule has 0 radical (unpaired) electrons. The molecule has 1 aliphatic rings. The number of aliphatic carboxylic acids is 1. The van der Waals surface area contributed by atoms with E-state index in [0.29, 0.717) is 18.8 Å². The third-order valence-corrected chi connectivity index (χ3v) is 5.34. The van der Waals surface area contributed by atoms with Crippen molar-refractivity contribution in [3.05, 3.63) is 24.3 Å². The van der Waals surface area contributed by atoms with Crippen molar-refractivity contribution in [1.82, 2.24) is 0 Å². The van der Waals surface area contributed by atoms with Gasteiger partial charge in [0.25, 0.3) is 0 Å². The molecule has 1 fully saturated rings. The molecule has 0 aliphatic heterocycles. The molecule has 1 aliphatic carbocycles. The Kier molecular flexibility index (Phi) is 9.81. The predicted octanol–water partition coefficient (Wildman–Crippen LogP) is 3.76. The van der Waals surface area contributed by atoms with Gasteiger partial charge in [-0.05, 0) is 43.4 Å². The van der Waals surface area contributed by atoms with Crippen LogP contribution in [0.15, 0.2) is 24.3 Å².